The SMILES string of the molecule is Cc1nn(C)c(N2CCOC(C)(C)C2)c1CO. The Balaban J connectivity index is 2.33. The van der Waals surface area contributed by atoms with E-state index >= 15 is 0 Å². The van der Waals surface area contributed by atoms with Crippen LogP contribution in [-0.4, -0.2) is 40.2 Å². The number of morpholine rings is 1. The molecule has 0 unspecified atom stereocenters. The third kappa shape index (κ3) is 2.30. The molecular formula is C12H21N3O2. The van der Waals surface area contributed by atoms with Gasteiger partial charge >= 0.3 is 0 Å². The predicted molar refractivity (Wildman–Crippen MR) is 66.1 cm³/mol. The average molecular weight is 239 g/mol. The summed E-state index contributed by atoms with van der Waals surface area (Å²) in [6.45, 7) is 8.51. The van der Waals surface area contributed by atoms with E-state index in [1.165, 1.54) is 0 Å². The molecular weight excluding hydrogens is 218 g/mol. The van der Waals surface area contributed by atoms with Gasteiger partial charge in [-0.15, -0.1) is 0 Å². The molecule has 0 radical (unpaired) electrons. The maximum absolute atomic E-state index is 9.46. The molecule has 0 spiro atoms. The van der Waals surface area contributed by atoms with Gasteiger partial charge in [-0.1, -0.05) is 0 Å². The zero-order chi connectivity index (χ0) is 12.6. The lowest BCUT2D eigenvalue weighted by Gasteiger charge is -2.39. The number of aryl methyl sites for hydroxylation is 2. The molecule has 0 aliphatic carbocycles. The second-order valence-corrected chi connectivity index (χ2v) is 5.20. The first-order valence-electron chi connectivity index (χ1n) is 5.97. The summed E-state index contributed by atoms with van der Waals surface area (Å²) in [5.41, 5.74) is 1.67. The summed E-state index contributed by atoms with van der Waals surface area (Å²) >= 11 is 0. The highest BCUT2D eigenvalue weighted by molar-refractivity contribution is 5.50. The van der Waals surface area contributed by atoms with E-state index in [9.17, 15) is 5.11 Å². The maximum atomic E-state index is 9.46. The maximum Gasteiger partial charge on any atom is 0.132 e. The molecule has 1 aliphatic rings. The minimum Gasteiger partial charge on any atom is -0.391 e. The third-order valence-electron chi connectivity index (χ3n) is 3.20. The van der Waals surface area contributed by atoms with Crippen LogP contribution in [0.1, 0.15) is 25.1 Å². The van der Waals surface area contributed by atoms with Crippen molar-refractivity contribution in [2.75, 3.05) is 24.6 Å². The molecule has 1 N–H and O–H groups in total. The summed E-state index contributed by atoms with van der Waals surface area (Å²) in [6.07, 6.45) is 0. The Labute approximate surface area is 102 Å². The lowest BCUT2D eigenvalue weighted by molar-refractivity contribution is -0.0281. The van der Waals surface area contributed by atoms with Gasteiger partial charge in [-0.25, -0.2) is 0 Å². The lowest BCUT2D eigenvalue weighted by Crippen LogP contribution is -2.49. The quantitative estimate of drug-likeness (QED) is 0.830. The Morgan fingerprint density at radius 2 is 2.18 bits per heavy atom. The molecule has 96 valence electrons. The predicted octanol–water partition coefficient (Wildman–Crippen LogP) is 0.836. The third-order valence-corrected chi connectivity index (χ3v) is 3.20. The Bertz CT molecular complexity index is 412. The number of aromatic nitrogens is 2. The monoisotopic (exact) mass is 239 g/mol. The van der Waals surface area contributed by atoms with Crippen LogP contribution in [0.2, 0.25) is 0 Å². The van der Waals surface area contributed by atoms with E-state index < -0.39 is 0 Å². The number of hydrogen-bond donors (Lipinski definition) is 1. The average Bonchev–Trinajstić information content (AvgIpc) is 2.51. The number of ether oxygens (including phenoxy) is 1. The second-order valence-electron chi connectivity index (χ2n) is 5.20. The number of nitrogens with zero attached hydrogens (tertiary/aromatic N) is 3. The molecule has 17 heavy (non-hydrogen) atoms. The minimum atomic E-state index is -0.150. The summed E-state index contributed by atoms with van der Waals surface area (Å²) in [5, 5.41) is 13.8. The zero-order valence-corrected chi connectivity index (χ0v) is 11.0. The van der Waals surface area contributed by atoms with Crippen LogP contribution in [0.4, 0.5) is 5.82 Å². The van der Waals surface area contributed by atoms with Crippen molar-refractivity contribution in [2.45, 2.75) is 33.0 Å². The normalized spacial score (nSPS) is 19.7. The molecule has 0 saturated carbocycles. The van der Waals surface area contributed by atoms with Crippen molar-refractivity contribution in [3.63, 3.8) is 0 Å². The molecule has 0 amide bonds. The van der Waals surface area contributed by atoms with Crippen LogP contribution in [0.3, 0.4) is 0 Å². The topological polar surface area (TPSA) is 50.5 Å². The summed E-state index contributed by atoms with van der Waals surface area (Å²) < 4.78 is 7.55. The van der Waals surface area contributed by atoms with E-state index in [4.69, 9.17) is 4.74 Å². The Kier molecular flexibility index (Phi) is 3.14. The highest BCUT2D eigenvalue weighted by Crippen LogP contribution is 2.27. The van der Waals surface area contributed by atoms with Gasteiger partial charge in [0.15, 0.2) is 0 Å². The Morgan fingerprint density at radius 1 is 1.47 bits per heavy atom. The molecule has 2 heterocycles. The first kappa shape index (κ1) is 12.4. The second kappa shape index (κ2) is 4.31. The molecule has 5 heteroatoms. The Hall–Kier alpha value is -1.07. The number of hydrogen-bond acceptors (Lipinski definition) is 4. The smallest absolute Gasteiger partial charge is 0.132 e. The van der Waals surface area contributed by atoms with Gasteiger partial charge in [0.2, 0.25) is 0 Å². The Morgan fingerprint density at radius 3 is 2.76 bits per heavy atom. The van der Waals surface area contributed by atoms with Gasteiger partial charge in [0.05, 0.1) is 24.5 Å². The number of anilines is 1. The fourth-order valence-corrected chi connectivity index (χ4v) is 2.47. The number of aliphatic hydroxyl groups excluding tert-OH is 1. The first-order chi connectivity index (χ1) is 7.94. The van der Waals surface area contributed by atoms with Crippen molar-refractivity contribution in [3.05, 3.63) is 11.3 Å². The van der Waals surface area contributed by atoms with Gasteiger partial charge < -0.3 is 14.7 Å². The molecule has 2 rings (SSSR count). The van der Waals surface area contributed by atoms with Crippen molar-refractivity contribution in [1.29, 1.82) is 0 Å². The molecule has 0 atom stereocenters. The molecule has 1 aromatic heterocycles. The molecule has 0 bridgehead atoms. The van der Waals surface area contributed by atoms with Crippen LogP contribution >= 0.6 is 0 Å². The molecule has 0 aromatic carbocycles. The van der Waals surface area contributed by atoms with Crippen LogP contribution in [0.5, 0.6) is 0 Å². The van der Waals surface area contributed by atoms with Crippen molar-refractivity contribution < 1.29 is 9.84 Å². The minimum absolute atomic E-state index is 0.0345. The number of rotatable bonds is 2. The summed E-state index contributed by atoms with van der Waals surface area (Å²) in [7, 11) is 1.92. The van der Waals surface area contributed by atoms with Gasteiger partial charge in [-0.2, -0.15) is 5.10 Å². The van der Waals surface area contributed by atoms with Crippen LogP contribution in [-0.2, 0) is 18.4 Å². The van der Waals surface area contributed by atoms with Crippen molar-refractivity contribution in [2.24, 2.45) is 7.05 Å². The summed E-state index contributed by atoms with van der Waals surface area (Å²) in [6, 6.07) is 0. The molecule has 1 aromatic rings. The van der Waals surface area contributed by atoms with Crippen molar-refractivity contribution in [1.82, 2.24) is 9.78 Å². The summed E-state index contributed by atoms with van der Waals surface area (Å²) in [5.74, 6) is 1.02. The molecule has 5 nitrogen and oxygen atoms in total. The van der Waals surface area contributed by atoms with Gasteiger partial charge in [-0.3, -0.25) is 4.68 Å². The van der Waals surface area contributed by atoms with E-state index in [0.29, 0.717) is 6.61 Å². The van der Waals surface area contributed by atoms with Gasteiger partial charge in [0.1, 0.15) is 5.82 Å². The highest BCUT2D eigenvalue weighted by atomic mass is 16.5. The van der Waals surface area contributed by atoms with Crippen molar-refractivity contribution in [3.8, 4) is 0 Å². The van der Waals surface area contributed by atoms with Gasteiger partial charge in [0, 0.05) is 25.7 Å². The fourth-order valence-electron chi connectivity index (χ4n) is 2.47. The van der Waals surface area contributed by atoms with E-state index in [-0.39, 0.29) is 12.2 Å². The first-order valence-corrected chi connectivity index (χ1v) is 5.97. The van der Waals surface area contributed by atoms with E-state index in [2.05, 4.69) is 23.8 Å². The fraction of sp³-hybridized carbons (Fsp3) is 0.750. The van der Waals surface area contributed by atoms with Crippen LogP contribution < -0.4 is 4.90 Å². The molecule has 1 fully saturated rings. The van der Waals surface area contributed by atoms with E-state index in [1.807, 2.05) is 18.7 Å². The standard InChI is InChI=1S/C12H21N3O2/c1-9-10(7-16)11(14(4)13-9)15-5-6-17-12(2,3)8-15/h16H,5-8H2,1-4H3. The van der Waals surface area contributed by atoms with E-state index in [0.717, 1.165) is 30.2 Å². The van der Waals surface area contributed by atoms with E-state index in [1.54, 1.807) is 0 Å². The zero-order valence-electron chi connectivity index (χ0n) is 11.0. The van der Waals surface area contributed by atoms with Crippen LogP contribution in [0.25, 0.3) is 0 Å². The largest absolute Gasteiger partial charge is 0.391 e. The summed E-state index contributed by atoms with van der Waals surface area (Å²) in [4.78, 5) is 2.25. The van der Waals surface area contributed by atoms with Crippen LogP contribution in [0.15, 0.2) is 0 Å². The van der Waals surface area contributed by atoms with Gasteiger partial charge in [-0.05, 0) is 20.8 Å². The molecule has 1 saturated heterocycles. The lowest BCUT2D eigenvalue weighted by atomic mass is 10.1. The number of aliphatic hydroxyl groups is 1. The van der Waals surface area contributed by atoms with Crippen LogP contribution in [0, 0.1) is 6.92 Å². The molecule has 1 aliphatic heterocycles. The van der Waals surface area contributed by atoms with Crippen molar-refractivity contribution >= 4 is 5.82 Å². The highest BCUT2D eigenvalue weighted by Gasteiger charge is 2.30. The van der Waals surface area contributed by atoms with Gasteiger partial charge in [0.25, 0.3) is 0 Å².